The highest BCUT2D eigenvalue weighted by Gasteiger charge is 2.51. The molecule has 5 heterocycles. The molecule has 0 saturated carbocycles. The molecular formula is C28H44N8. The molecule has 3 aliphatic heterocycles. The van der Waals surface area contributed by atoms with E-state index in [-0.39, 0.29) is 21.9 Å². The zero-order valence-electron chi connectivity index (χ0n) is 24.1. The lowest BCUT2D eigenvalue weighted by Crippen LogP contribution is -2.59. The third-order valence-corrected chi connectivity index (χ3v) is 8.63. The van der Waals surface area contributed by atoms with Crippen LogP contribution in [0, 0.1) is 5.41 Å². The van der Waals surface area contributed by atoms with Gasteiger partial charge in [0, 0.05) is 29.2 Å². The highest BCUT2D eigenvalue weighted by atomic mass is 15.7. The van der Waals surface area contributed by atoms with E-state index in [9.17, 15) is 0 Å². The third-order valence-electron chi connectivity index (χ3n) is 8.63. The molecule has 0 fully saturated rings. The van der Waals surface area contributed by atoms with Crippen LogP contribution < -0.4 is 10.9 Å². The van der Waals surface area contributed by atoms with Gasteiger partial charge in [0.2, 0.25) is 0 Å². The van der Waals surface area contributed by atoms with Crippen LogP contribution in [0.2, 0.25) is 0 Å². The van der Waals surface area contributed by atoms with Gasteiger partial charge in [-0.3, -0.25) is 9.36 Å². The van der Waals surface area contributed by atoms with Gasteiger partial charge in [0.05, 0.1) is 27.9 Å². The molecule has 8 nitrogen and oxygen atoms in total. The van der Waals surface area contributed by atoms with E-state index in [1.165, 1.54) is 11.4 Å². The summed E-state index contributed by atoms with van der Waals surface area (Å²) in [5, 5.41) is 14.9. The molecule has 2 atom stereocenters. The Labute approximate surface area is 216 Å². The monoisotopic (exact) mass is 492 g/mol. The minimum atomic E-state index is -0.423. The Bertz CT molecular complexity index is 1170. The molecule has 0 radical (unpaired) electrons. The normalized spacial score (nSPS) is 30.1. The highest BCUT2D eigenvalue weighted by Crippen LogP contribution is 2.46. The van der Waals surface area contributed by atoms with E-state index in [0.29, 0.717) is 0 Å². The number of fused-ring (bicyclic) bond motifs is 8. The molecule has 3 aliphatic rings. The van der Waals surface area contributed by atoms with Crippen molar-refractivity contribution >= 4 is 0 Å². The fourth-order valence-corrected chi connectivity index (χ4v) is 6.16. The maximum Gasteiger partial charge on any atom is 0.127 e. The van der Waals surface area contributed by atoms with Crippen LogP contribution in [0.25, 0.3) is 0 Å². The van der Waals surface area contributed by atoms with Crippen molar-refractivity contribution in [1.29, 1.82) is 0 Å². The molecule has 0 saturated heterocycles. The van der Waals surface area contributed by atoms with Crippen LogP contribution in [0.5, 0.6) is 0 Å². The smallest absolute Gasteiger partial charge is 0.127 e. The lowest BCUT2D eigenvalue weighted by atomic mass is 9.83. The molecule has 0 aliphatic carbocycles. The Kier molecular flexibility index (Phi) is 4.91. The van der Waals surface area contributed by atoms with Gasteiger partial charge < -0.3 is 10.9 Å². The summed E-state index contributed by atoms with van der Waals surface area (Å²) in [4.78, 5) is 0. The Hall–Kier alpha value is -2.58. The van der Waals surface area contributed by atoms with Gasteiger partial charge in [-0.15, -0.1) is 0 Å². The van der Waals surface area contributed by atoms with Crippen molar-refractivity contribution in [3.05, 3.63) is 59.5 Å². The molecule has 8 heteroatoms. The zero-order chi connectivity index (χ0) is 26.7. The Morgan fingerprint density at radius 1 is 0.556 bits per heavy atom. The minimum absolute atomic E-state index is 0.225. The van der Waals surface area contributed by atoms with Crippen molar-refractivity contribution < 1.29 is 0 Å². The van der Waals surface area contributed by atoms with E-state index < -0.39 is 11.3 Å². The number of aromatic nitrogens is 4. The summed E-state index contributed by atoms with van der Waals surface area (Å²) in [6.07, 6.45) is 8.92. The zero-order valence-corrected chi connectivity index (χ0v) is 24.1. The maximum atomic E-state index is 5.13. The molecule has 0 aromatic carbocycles. The first-order chi connectivity index (χ1) is 16.3. The molecule has 2 aromatic heterocycles. The lowest BCUT2D eigenvalue weighted by Gasteiger charge is -2.45. The summed E-state index contributed by atoms with van der Waals surface area (Å²) >= 11 is 0. The lowest BCUT2D eigenvalue weighted by molar-refractivity contribution is -0.0483. The van der Waals surface area contributed by atoms with Gasteiger partial charge in [0.15, 0.2) is 0 Å². The number of nitrogens with zero attached hydrogens (tertiary/aromatic N) is 6. The number of hydrogen-bond acceptors (Lipinski definition) is 6. The number of hydrogen-bond donors (Lipinski definition) is 2. The molecule has 8 bridgehead atoms. The Morgan fingerprint density at radius 3 is 1.28 bits per heavy atom. The maximum absolute atomic E-state index is 5.13. The van der Waals surface area contributed by atoms with Gasteiger partial charge in [0.25, 0.3) is 0 Å². The third kappa shape index (κ3) is 3.33. The fourth-order valence-electron chi connectivity index (χ4n) is 6.16. The largest absolute Gasteiger partial charge is 0.319 e. The number of nitrogens with one attached hydrogen (secondary N) is 2. The first kappa shape index (κ1) is 25.1. The van der Waals surface area contributed by atoms with Crippen molar-refractivity contribution in [2.24, 2.45) is 5.41 Å². The second kappa shape index (κ2) is 7.04. The molecule has 2 N–H and O–H groups in total. The van der Waals surface area contributed by atoms with E-state index in [1.807, 2.05) is 0 Å². The second-order valence-corrected chi connectivity index (χ2v) is 13.8. The summed E-state index contributed by atoms with van der Waals surface area (Å²) in [5.74, 6) is 0. The van der Waals surface area contributed by atoms with E-state index in [2.05, 4.69) is 150 Å². The molecule has 0 spiro atoms. The minimum Gasteiger partial charge on any atom is -0.319 e. The van der Waals surface area contributed by atoms with Gasteiger partial charge in [0.1, 0.15) is 11.3 Å². The average molecular weight is 493 g/mol. The van der Waals surface area contributed by atoms with E-state index >= 15 is 0 Å². The van der Waals surface area contributed by atoms with Crippen LogP contribution in [0.4, 0.5) is 0 Å². The van der Waals surface area contributed by atoms with Gasteiger partial charge in [-0.2, -0.15) is 20.2 Å². The van der Waals surface area contributed by atoms with Gasteiger partial charge in [-0.25, -0.2) is 0 Å². The Balaban J connectivity index is 1.72. The summed E-state index contributed by atoms with van der Waals surface area (Å²) < 4.78 is 4.15. The van der Waals surface area contributed by atoms with E-state index in [4.69, 9.17) is 10.2 Å². The van der Waals surface area contributed by atoms with Crippen molar-refractivity contribution in [3.8, 4) is 0 Å². The van der Waals surface area contributed by atoms with Crippen LogP contribution in [0.3, 0.4) is 0 Å². The first-order valence-electron chi connectivity index (χ1n) is 13.1. The van der Waals surface area contributed by atoms with Crippen molar-refractivity contribution in [1.82, 2.24) is 40.4 Å². The molecule has 5 rings (SSSR count). The predicted octanol–water partition coefficient (Wildman–Crippen LogP) is 4.80. The first-order valence-corrected chi connectivity index (χ1v) is 13.1. The molecule has 2 aromatic rings. The summed E-state index contributed by atoms with van der Waals surface area (Å²) in [6.45, 7) is 26.9. The quantitative estimate of drug-likeness (QED) is 0.551. The van der Waals surface area contributed by atoms with Gasteiger partial charge in [-0.05, 0) is 107 Å². The Morgan fingerprint density at radius 2 is 0.917 bits per heavy atom. The predicted molar refractivity (Wildman–Crippen MR) is 143 cm³/mol. The molecule has 0 amide bonds. The van der Waals surface area contributed by atoms with Crippen LogP contribution in [0.1, 0.15) is 94.5 Å². The SMILES string of the molecule is CC1(C)C2=CC(C)(C)N(N2)C(C)(C)n2ccc(n2)C(C)(C)c2ccn(n2)C(C)(C)N2NC1=CC2(C)C. The highest BCUT2D eigenvalue weighted by molar-refractivity contribution is 5.35. The molecular weight excluding hydrogens is 448 g/mol. The van der Waals surface area contributed by atoms with Crippen molar-refractivity contribution in [2.75, 3.05) is 0 Å². The van der Waals surface area contributed by atoms with Gasteiger partial charge in [-0.1, -0.05) is 0 Å². The summed E-state index contributed by atoms with van der Waals surface area (Å²) in [6, 6.07) is 4.26. The molecule has 196 valence electrons. The number of hydrazine groups is 2. The summed E-state index contributed by atoms with van der Waals surface area (Å²) in [5.41, 5.74) is 10.1. The fraction of sp³-hybridized carbons (Fsp3) is 0.643. The van der Waals surface area contributed by atoms with Crippen LogP contribution in [0.15, 0.2) is 48.1 Å². The average Bonchev–Trinajstić information content (AvgIpc) is 3.51. The second-order valence-electron chi connectivity index (χ2n) is 13.8. The van der Waals surface area contributed by atoms with Crippen LogP contribution in [-0.2, 0) is 16.7 Å². The topological polar surface area (TPSA) is 66.2 Å². The van der Waals surface area contributed by atoms with E-state index in [0.717, 1.165) is 11.4 Å². The van der Waals surface area contributed by atoms with E-state index in [1.54, 1.807) is 0 Å². The summed E-state index contributed by atoms with van der Waals surface area (Å²) in [7, 11) is 0. The van der Waals surface area contributed by atoms with Crippen molar-refractivity contribution in [3.63, 3.8) is 0 Å². The van der Waals surface area contributed by atoms with Crippen molar-refractivity contribution in [2.45, 2.75) is 111 Å². The van der Waals surface area contributed by atoms with Crippen LogP contribution in [-0.4, -0.2) is 40.7 Å². The molecule has 2 unspecified atom stereocenters. The standard InChI is InChI=1S/C28H44N8/c1-23(2)17-21-26(7,8)22-18-24(3,4)36(32-22)28(11,12)34-16-14-20(30-34)25(5,6)19-13-15-33(29-19)27(9,10)35(23)31-21/h13-18,31-32H,1-12H3. The van der Waals surface area contributed by atoms with Crippen LogP contribution >= 0.6 is 0 Å². The van der Waals surface area contributed by atoms with Gasteiger partial charge >= 0.3 is 0 Å². The number of rotatable bonds is 0. The molecule has 36 heavy (non-hydrogen) atoms.